The molecule has 74 valence electrons. The molecule has 2 N–H and O–H groups in total. The van der Waals surface area contributed by atoms with Crippen LogP contribution in [0, 0.1) is 5.92 Å². The fourth-order valence-corrected chi connectivity index (χ4v) is 0.904. The Morgan fingerprint density at radius 1 is 1.42 bits per heavy atom. The van der Waals surface area contributed by atoms with Crippen molar-refractivity contribution in [2.24, 2.45) is 11.7 Å². The second-order valence-electron chi connectivity index (χ2n) is 2.59. The van der Waals surface area contributed by atoms with Gasteiger partial charge in [-0.3, -0.25) is 4.79 Å². The van der Waals surface area contributed by atoms with E-state index in [2.05, 4.69) is 9.24 Å². The van der Waals surface area contributed by atoms with Crippen molar-refractivity contribution in [1.29, 1.82) is 0 Å². The highest BCUT2D eigenvalue weighted by Crippen LogP contribution is 2.11. The van der Waals surface area contributed by atoms with E-state index in [0.29, 0.717) is 0 Å². The van der Waals surface area contributed by atoms with Crippen LogP contribution in [0.15, 0.2) is 0 Å². The van der Waals surface area contributed by atoms with Gasteiger partial charge in [0.1, 0.15) is 0 Å². The quantitative estimate of drug-likeness (QED) is 0.534. The first-order chi connectivity index (χ1) is 5.68. The van der Waals surface area contributed by atoms with Gasteiger partial charge < -0.3 is 5.73 Å². The average molecular weight is 191 g/mol. The maximum absolute atomic E-state index is 10.7. The molecule has 2 unspecified atom stereocenters. The number of carbonyl (C=O) groups excluding carboxylic acids is 1. The van der Waals surface area contributed by atoms with Crippen LogP contribution < -0.4 is 5.73 Å². The summed E-state index contributed by atoms with van der Waals surface area (Å²) in [6.07, 6.45) is 3.07. The van der Waals surface area contributed by atoms with Gasteiger partial charge in [0.15, 0.2) is 5.52 Å². The molecule has 0 amide bonds. The van der Waals surface area contributed by atoms with Crippen molar-refractivity contribution >= 4 is 14.8 Å². The first kappa shape index (κ1) is 14.6. The molecule has 0 aromatic rings. The van der Waals surface area contributed by atoms with Gasteiger partial charge in [-0.05, 0) is 19.4 Å². The predicted molar refractivity (Wildman–Crippen MR) is 58.1 cm³/mol. The molecule has 12 heavy (non-hydrogen) atoms. The Balaban J connectivity index is 0. The second kappa shape index (κ2) is 11.1. The van der Waals surface area contributed by atoms with Crippen molar-refractivity contribution in [3.05, 3.63) is 0 Å². The molecule has 2 nitrogen and oxygen atoms in total. The molecule has 0 aromatic heterocycles. The molecule has 2 atom stereocenters. The summed E-state index contributed by atoms with van der Waals surface area (Å²) in [4.78, 5) is 10.7. The van der Waals surface area contributed by atoms with Gasteiger partial charge in [0, 0.05) is 5.92 Å². The summed E-state index contributed by atoms with van der Waals surface area (Å²) in [5, 5.41) is 0. The molecule has 0 saturated carbocycles. The number of rotatable bonds is 5. The summed E-state index contributed by atoms with van der Waals surface area (Å²) in [6, 6.07) is 0. The van der Waals surface area contributed by atoms with Gasteiger partial charge in [-0.25, -0.2) is 0 Å². The summed E-state index contributed by atoms with van der Waals surface area (Å²) in [6.45, 7) is 6.68. The van der Waals surface area contributed by atoms with Crippen molar-refractivity contribution < 1.29 is 4.79 Å². The van der Waals surface area contributed by atoms with Crippen molar-refractivity contribution in [2.75, 3.05) is 6.54 Å². The van der Waals surface area contributed by atoms with Crippen LogP contribution in [0.1, 0.15) is 40.0 Å². The van der Waals surface area contributed by atoms with E-state index in [1.54, 1.807) is 0 Å². The molecule has 3 heteroatoms. The Kier molecular flexibility index (Phi) is 13.4. The monoisotopic (exact) mass is 191 g/mol. The maximum atomic E-state index is 10.7. The van der Waals surface area contributed by atoms with E-state index in [1.807, 2.05) is 20.8 Å². The smallest absolute Gasteiger partial charge is 0.151 e. The lowest BCUT2D eigenvalue weighted by molar-refractivity contribution is -0.114. The molecule has 0 saturated heterocycles. The number of nitrogens with two attached hydrogens (primary N) is 1. The van der Waals surface area contributed by atoms with E-state index >= 15 is 0 Å². The predicted octanol–water partition coefficient (Wildman–Crippen LogP) is 2.18. The molecule has 0 aliphatic carbocycles. The number of hydrogen-bond donors (Lipinski definition) is 1. The van der Waals surface area contributed by atoms with E-state index in [9.17, 15) is 4.79 Å². The molecule has 0 radical (unpaired) electrons. The van der Waals surface area contributed by atoms with Gasteiger partial charge in [0.25, 0.3) is 0 Å². The molecular weight excluding hydrogens is 169 g/mol. The lowest BCUT2D eigenvalue weighted by Gasteiger charge is -2.04. The molecule has 0 aliphatic heterocycles. The standard InChI is InChI=1S/C7H16NOP.C2H6/c1-6(7(9)10)4-2-3-5-8;1-2/h6H,2-5,8,10H2,1H3;1-2H3. The van der Waals surface area contributed by atoms with Gasteiger partial charge in [-0.1, -0.05) is 36.4 Å². The van der Waals surface area contributed by atoms with Crippen molar-refractivity contribution in [3.63, 3.8) is 0 Å². The molecule has 0 rings (SSSR count). The highest BCUT2D eigenvalue weighted by Gasteiger charge is 2.05. The van der Waals surface area contributed by atoms with E-state index in [4.69, 9.17) is 5.73 Å². The summed E-state index contributed by atoms with van der Waals surface area (Å²) in [5.41, 5.74) is 5.51. The molecule has 0 aromatic carbocycles. The maximum Gasteiger partial charge on any atom is 0.151 e. The Bertz CT molecular complexity index is 107. The van der Waals surface area contributed by atoms with Crippen LogP contribution in [0.4, 0.5) is 0 Å². The van der Waals surface area contributed by atoms with Crippen LogP contribution >= 0.6 is 9.24 Å². The summed E-state index contributed by atoms with van der Waals surface area (Å²) >= 11 is 0. The first-order valence-corrected chi connectivity index (χ1v) is 5.25. The van der Waals surface area contributed by atoms with Crippen molar-refractivity contribution in [3.8, 4) is 0 Å². The minimum Gasteiger partial charge on any atom is -0.330 e. The zero-order valence-corrected chi connectivity index (χ0v) is 9.62. The molecule has 0 heterocycles. The van der Waals surface area contributed by atoms with Gasteiger partial charge >= 0.3 is 0 Å². The number of carbonyl (C=O) groups is 1. The van der Waals surface area contributed by atoms with Crippen LogP contribution in [0.3, 0.4) is 0 Å². The van der Waals surface area contributed by atoms with Gasteiger partial charge in [-0.2, -0.15) is 0 Å². The van der Waals surface area contributed by atoms with Crippen LogP contribution in [-0.4, -0.2) is 12.1 Å². The molecule has 0 spiro atoms. The lowest BCUT2D eigenvalue weighted by atomic mass is 10.1. The topological polar surface area (TPSA) is 43.1 Å². The van der Waals surface area contributed by atoms with E-state index in [0.717, 1.165) is 25.8 Å². The Morgan fingerprint density at radius 3 is 2.25 bits per heavy atom. The highest BCUT2D eigenvalue weighted by atomic mass is 31.0. The largest absolute Gasteiger partial charge is 0.330 e. The van der Waals surface area contributed by atoms with Gasteiger partial charge in [0.05, 0.1) is 0 Å². The highest BCUT2D eigenvalue weighted by molar-refractivity contribution is 7.40. The molecular formula is C9H22NOP. The SMILES string of the molecule is CC.CC(CCCCN)C(=O)P. The summed E-state index contributed by atoms with van der Waals surface area (Å²) in [7, 11) is 2.21. The van der Waals surface area contributed by atoms with Crippen LogP contribution in [-0.2, 0) is 4.79 Å². The first-order valence-electron chi connectivity index (χ1n) is 4.68. The fourth-order valence-electron chi connectivity index (χ4n) is 0.737. The fraction of sp³-hybridized carbons (Fsp3) is 0.889. The van der Waals surface area contributed by atoms with Crippen LogP contribution in [0.5, 0.6) is 0 Å². The number of hydrogen-bond acceptors (Lipinski definition) is 2. The zero-order valence-electron chi connectivity index (χ0n) is 8.47. The van der Waals surface area contributed by atoms with E-state index in [1.165, 1.54) is 0 Å². The third-order valence-electron chi connectivity index (χ3n) is 1.58. The molecule has 0 fully saturated rings. The van der Waals surface area contributed by atoms with Crippen molar-refractivity contribution in [2.45, 2.75) is 40.0 Å². The Morgan fingerprint density at radius 2 is 1.92 bits per heavy atom. The third kappa shape index (κ3) is 10.1. The van der Waals surface area contributed by atoms with Crippen LogP contribution in [0.25, 0.3) is 0 Å². The van der Waals surface area contributed by atoms with Gasteiger partial charge in [0.2, 0.25) is 0 Å². The minimum atomic E-state index is 0.191. The normalized spacial score (nSPS) is 11.4. The van der Waals surface area contributed by atoms with E-state index in [-0.39, 0.29) is 11.4 Å². The van der Waals surface area contributed by atoms with Crippen molar-refractivity contribution in [1.82, 2.24) is 0 Å². The Labute approximate surface area is 78.5 Å². The average Bonchev–Trinajstić information content (AvgIpc) is 2.08. The van der Waals surface area contributed by atoms with Gasteiger partial charge in [-0.15, -0.1) is 0 Å². The summed E-state index contributed by atoms with van der Waals surface area (Å²) < 4.78 is 0. The molecule has 0 bridgehead atoms. The molecule has 0 aliphatic rings. The van der Waals surface area contributed by atoms with E-state index < -0.39 is 0 Å². The number of unbranched alkanes of at least 4 members (excludes halogenated alkanes) is 1. The third-order valence-corrected chi connectivity index (χ3v) is 2.15. The zero-order chi connectivity index (χ0) is 9.98. The minimum absolute atomic E-state index is 0.191. The second-order valence-corrected chi connectivity index (χ2v) is 3.16. The van der Waals surface area contributed by atoms with Crippen LogP contribution in [0.2, 0.25) is 0 Å². The Hall–Kier alpha value is 0.0600. The lowest BCUT2D eigenvalue weighted by Crippen LogP contribution is -2.04. The summed E-state index contributed by atoms with van der Waals surface area (Å²) in [5.74, 6) is 0.191.